The van der Waals surface area contributed by atoms with Crippen molar-refractivity contribution in [2.45, 2.75) is 13.0 Å². The van der Waals surface area contributed by atoms with Crippen LogP contribution in [0.5, 0.6) is 5.75 Å². The predicted octanol–water partition coefficient (Wildman–Crippen LogP) is 1.41. The van der Waals surface area contributed by atoms with Crippen molar-refractivity contribution in [1.29, 1.82) is 0 Å². The van der Waals surface area contributed by atoms with Gasteiger partial charge in [-0.05, 0) is 19.1 Å². The van der Waals surface area contributed by atoms with E-state index in [1.165, 1.54) is 26.2 Å². The maximum atomic E-state index is 13.0. The van der Waals surface area contributed by atoms with Crippen molar-refractivity contribution in [3.8, 4) is 5.75 Å². The standard InChI is InChI=1S/C12H15FO4/c1-8(14)11-4-3-9(13)5-12(11)17-7-10(15)6-16-2/h3-5,10,15H,6-7H2,1-2H3. The Labute approximate surface area is 99.0 Å². The van der Waals surface area contributed by atoms with Gasteiger partial charge < -0.3 is 14.6 Å². The van der Waals surface area contributed by atoms with Gasteiger partial charge in [0, 0.05) is 13.2 Å². The van der Waals surface area contributed by atoms with Gasteiger partial charge in [-0.25, -0.2) is 4.39 Å². The second-order valence-electron chi connectivity index (χ2n) is 3.62. The van der Waals surface area contributed by atoms with Gasteiger partial charge in [-0.15, -0.1) is 0 Å². The molecular formula is C12H15FO4. The monoisotopic (exact) mass is 242 g/mol. The van der Waals surface area contributed by atoms with Gasteiger partial charge in [0.15, 0.2) is 5.78 Å². The van der Waals surface area contributed by atoms with Crippen LogP contribution in [0.2, 0.25) is 0 Å². The average molecular weight is 242 g/mol. The van der Waals surface area contributed by atoms with Crippen LogP contribution in [0.15, 0.2) is 18.2 Å². The molecule has 1 unspecified atom stereocenters. The molecular weight excluding hydrogens is 227 g/mol. The van der Waals surface area contributed by atoms with E-state index in [4.69, 9.17) is 9.47 Å². The third-order valence-corrected chi connectivity index (χ3v) is 2.11. The second kappa shape index (κ2) is 6.32. The van der Waals surface area contributed by atoms with Gasteiger partial charge in [0.1, 0.15) is 24.3 Å². The highest BCUT2D eigenvalue weighted by molar-refractivity contribution is 5.96. The summed E-state index contributed by atoms with van der Waals surface area (Å²) in [6.45, 7) is 1.42. The van der Waals surface area contributed by atoms with E-state index in [9.17, 15) is 14.3 Å². The summed E-state index contributed by atoms with van der Waals surface area (Å²) in [6.07, 6.45) is -0.817. The zero-order valence-corrected chi connectivity index (χ0v) is 9.77. The number of halogens is 1. The topological polar surface area (TPSA) is 55.8 Å². The SMILES string of the molecule is COCC(O)COc1cc(F)ccc1C(C)=O. The molecule has 0 bridgehead atoms. The van der Waals surface area contributed by atoms with Crippen molar-refractivity contribution in [1.82, 2.24) is 0 Å². The Hall–Kier alpha value is -1.46. The molecule has 0 amide bonds. The summed E-state index contributed by atoms with van der Waals surface area (Å²) < 4.78 is 22.9. The van der Waals surface area contributed by atoms with Gasteiger partial charge in [0.2, 0.25) is 0 Å². The minimum Gasteiger partial charge on any atom is -0.490 e. The number of benzene rings is 1. The number of aliphatic hydroxyl groups excluding tert-OH is 1. The molecule has 1 N–H and O–H groups in total. The molecule has 17 heavy (non-hydrogen) atoms. The van der Waals surface area contributed by atoms with E-state index < -0.39 is 11.9 Å². The molecule has 0 radical (unpaired) electrons. The molecule has 4 nitrogen and oxygen atoms in total. The number of rotatable bonds is 6. The molecule has 0 saturated heterocycles. The normalized spacial score (nSPS) is 12.2. The Morgan fingerprint density at radius 2 is 2.18 bits per heavy atom. The Morgan fingerprint density at radius 3 is 2.76 bits per heavy atom. The van der Waals surface area contributed by atoms with Crippen LogP contribution in [0.3, 0.4) is 0 Å². The van der Waals surface area contributed by atoms with E-state index in [-0.39, 0.29) is 30.3 Å². The third-order valence-electron chi connectivity index (χ3n) is 2.11. The summed E-state index contributed by atoms with van der Waals surface area (Å²) in [6, 6.07) is 3.67. The second-order valence-corrected chi connectivity index (χ2v) is 3.62. The van der Waals surface area contributed by atoms with E-state index in [0.29, 0.717) is 0 Å². The molecule has 0 heterocycles. The molecule has 0 fully saturated rings. The molecule has 0 aliphatic rings. The van der Waals surface area contributed by atoms with Crippen LogP contribution in [0, 0.1) is 5.82 Å². The third kappa shape index (κ3) is 4.13. The lowest BCUT2D eigenvalue weighted by molar-refractivity contribution is 0.0322. The first-order chi connectivity index (χ1) is 8.04. The fraction of sp³-hybridized carbons (Fsp3) is 0.417. The van der Waals surface area contributed by atoms with Crippen molar-refractivity contribution in [3.05, 3.63) is 29.6 Å². The summed E-state index contributed by atoms with van der Waals surface area (Å²) in [5.41, 5.74) is 0.288. The lowest BCUT2D eigenvalue weighted by Gasteiger charge is -2.13. The summed E-state index contributed by atoms with van der Waals surface area (Å²) in [7, 11) is 1.45. The maximum absolute atomic E-state index is 13.0. The zero-order valence-electron chi connectivity index (χ0n) is 9.77. The smallest absolute Gasteiger partial charge is 0.163 e. The number of Topliss-reactive ketones (excluding diaryl/α,β-unsaturated/α-hetero) is 1. The fourth-order valence-corrected chi connectivity index (χ4v) is 1.33. The average Bonchev–Trinajstić information content (AvgIpc) is 2.26. The molecule has 1 aromatic rings. The van der Waals surface area contributed by atoms with Gasteiger partial charge in [-0.2, -0.15) is 0 Å². The highest BCUT2D eigenvalue weighted by Crippen LogP contribution is 2.20. The Morgan fingerprint density at radius 1 is 1.47 bits per heavy atom. The van der Waals surface area contributed by atoms with E-state index >= 15 is 0 Å². The molecule has 94 valence electrons. The Balaban J connectivity index is 2.75. The lowest BCUT2D eigenvalue weighted by atomic mass is 10.1. The number of hydrogen-bond donors (Lipinski definition) is 1. The van der Waals surface area contributed by atoms with Crippen molar-refractivity contribution >= 4 is 5.78 Å². The molecule has 1 aromatic carbocycles. The molecule has 1 rings (SSSR count). The quantitative estimate of drug-likeness (QED) is 0.766. The first kappa shape index (κ1) is 13.6. The van der Waals surface area contributed by atoms with Gasteiger partial charge in [-0.1, -0.05) is 0 Å². The summed E-state index contributed by atoms with van der Waals surface area (Å²) in [5, 5.41) is 9.38. The summed E-state index contributed by atoms with van der Waals surface area (Å²) in [4.78, 5) is 11.3. The number of methoxy groups -OCH3 is 1. The van der Waals surface area contributed by atoms with Crippen LogP contribution in [-0.2, 0) is 4.74 Å². The maximum Gasteiger partial charge on any atom is 0.163 e. The first-order valence-corrected chi connectivity index (χ1v) is 5.15. The molecule has 5 heteroatoms. The van der Waals surface area contributed by atoms with E-state index in [1.54, 1.807) is 0 Å². The van der Waals surface area contributed by atoms with E-state index in [0.717, 1.165) is 6.07 Å². The Kier molecular flexibility index (Phi) is 5.06. The van der Waals surface area contributed by atoms with Crippen molar-refractivity contribution < 1.29 is 23.8 Å². The lowest BCUT2D eigenvalue weighted by Crippen LogP contribution is -2.23. The number of ketones is 1. The van der Waals surface area contributed by atoms with Gasteiger partial charge in [0.25, 0.3) is 0 Å². The number of carbonyl (C=O) groups is 1. The highest BCUT2D eigenvalue weighted by atomic mass is 19.1. The van der Waals surface area contributed by atoms with Crippen LogP contribution in [0.1, 0.15) is 17.3 Å². The molecule has 0 spiro atoms. The molecule has 0 aromatic heterocycles. The number of hydrogen-bond acceptors (Lipinski definition) is 4. The van der Waals surface area contributed by atoms with Crippen LogP contribution in [-0.4, -0.2) is 37.3 Å². The number of aliphatic hydroxyl groups is 1. The predicted molar refractivity (Wildman–Crippen MR) is 59.8 cm³/mol. The number of ether oxygens (including phenoxy) is 2. The van der Waals surface area contributed by atoms with Crippen molar-refractivity contribution in [3.63, 3.8) is 0 Å². The highest BCUT2D eigenvalue weighted by Gasteiger charge is 2.12. The first-order valence-electron chi connectivity index (χ1n) is 5.15. The largest absolute Gasteiger partial charge is 0.490 e. The van der Waals surface area contributed by atoms with Crippen LogP contribution in [0.25, 0.3) is 0 Å². The molecule has 1 atom stereocenters. The molecule has 0 aliphatic heterocycles. The zero-order chi connectivity index (χ0) is 12.8. The van der Waals surface area contributed by atoms with E-state index in [1.807, 2.05) is 0 Å². The van der Waals surface area contributed by atoms with E-state index in [2.05, 4.69) is 0 Å². The molecule has 0 aliphatic carbocycles. The minimum absolute atomic E-state index is 0.0580. The van der Waals surface area contributed by atoms with Crippen LogP contribution in [0.4, 0.5) is 4.39 Å². The molecule has 0 saturated carbocycles. The van der Waals surface area contributed by atoms with Crippen molar-refractivity contribution in [2.24, 2.45) is 0 Å². The van der Waals surface area contributed by atoms with Crippen LogP contribution < -0.4 is 4.74 Å². The minimum atomic E-state index is -0.817. The number of carbonyl (C=O) groups excluding carboxylic acids is 1. The van der Waals surface area contributed by atoms with Crippen LogP contribution >= 0.6 is 0 Å². The van der Waals surface area contributed by atoms with Crippen molar-refractivity contribution in [2.75, 3.05) is 20.3 Å². The summed E-state index contributed by atoms with van der Waals surface area (Å²) in [5.74, 6) is -0.583. The van der Waals surface area contributed by atoms with Gasteiger partial charge in [0.05, 0.1) is 12.2 Å². The summed E-state index contributed by atoms with van der Waals surface area (Å²) >= 11 is 0. The van der Waals surface area contributed by atoms with Gasteiger partial charge in [-0.3, -0.25) is 4.79 Å². The Bertz CT molecular complexity index is 392. The fourth-order valence-electron chi connectivity index (χ4n) is 1.33. The van der Waals surface area contributed by atoms with Gasteiger partial charge >= 0.3 is 0 Å².